The Kier molecular flexibility index (Phi) is 7.00. The molecule has 3 aromatic rings. The Morgan fingerprint density at radius 2 is 1.83 bits per heavy atom. The number of rotatable bonds is 7. The quantitative estimate of drug-likeness (QED) is 0.412. The number of benzene rings is 2. The third kappa shape index (κ3) is 5.26. The molecule has 2 fully saturated rings. The molecule has 2 aliphatic heterocycles. The number of alkyl halides is 3. The third-order valence-electron chi connectivity index (χ3n) is 6.73. The predicted molar refractivity (Wildman–Crippen MR) is 129 cm³/mol. The minimum Gasteiger partial charge on any atom is -0.376 e. The molecule has 1 amide bonds. The van der Waals surface area contributed by atoms with Gasteiger partial charge in [-0.25, -0.2) is 0 Å². The van der Waals surface area contributed by atoms with E-state index in [9.17, 15) is 18.0 Å². The van der Waals surface area contributed by atoms with Crippen molar-refractivity contribution in [2.24, 2.45) is 0 Å². The van der Waals surface area contributed by atoms with E-state index in [1.807, 2.05) is 30.3 Å². The molecule has 0 N–H and O–H groups in total. The average molecular weight is 500 g/mol. The lowest BCUT2D eigenvalue weighted by Gasteiger charge is -2.27. The molecule has 2 aromatic carbocycles. The summed E-state index contributed by atoms with van der Waals surface area (Å²) in [5.74, 6) is 0.129. The SMILES string of the molecule is O=C(c1cccc(C(F)(F)F)c1)N(Cc1c(-c2ccccc2)noc1N1CCCC1)C[C@H]1CCCO1. The second-order valence-corrected chi connectivity index (χ2v) is 9.27. The average Bonchev–Trinajstić information content (AvgIpc) is 3.65. The zero-order valence-corrected chi connectivity index (χ0v) is 19.8. The summed E-state index contributed by atoms with van der Waals surface area (Å²) in [5.41, 5.74) is 1.37. The normalized spacial score (nSPS) is 18.1. The van der Waals surface area contributed by atoms with E-state index in [-0.39, 0.29) is 24.8 Å². The lowest BCUT2D eigenvalue weighted by Crippen LogP contribution is -2.37. The van der Waals surface area contributed by atoms with Gasteiger partial charge in [0.15, 0.2) is 0 Å². The molecule has 1 aromatic heterocycles. The summed E-state index contributed by atoms with van der Waals surface area (Å²) < 4.78 is 51.7. The number of halogens is 3. The van der Waals surface area contributed by atoms with E-state index in [4.69, 9.17) is 9.26 Å². The topological polar surface area (TPSA) is 58.8 Å². The molecular weight excluding hydrogens is 471 g/mol. The van der Waals surface area contributed by atoms with Crippen LogP contribution in [0.5, 0.6) is 0 Å². The molecule has 9 heteroatoms. The summed E-state index contributed by atoms with van der Waals surface area (Å²) in [4.78, 5) is 17.3. The van der Waals surface area contributed by atoms with Gasteiger partial charge in [-0.1, -0.05) is 41.6 Å². The van der Waals surface area contributed by atoms with Crippen molar-refractivity contribution in [2.45, 2.75) is 44.5 Å². The monoisotopic (exact) mass is 499 g/mol. The van der Waals surface area contributed by atoms with E-state index in [1.165, 1.54) is 12.1 Å². The molecule has 2 aliphatic rings. The smallest absolute Gasteiger partial charge is 0.376 e. The molecule has 0 unspecified atom stereocenters. The van der Waals surface area contributed by atoms with Crippen molar-refractivity contribution in [2.75, 3.05) is 31.1 Å². The highest BCUT2D eigenvalue weighted by Gasteiger charge is 2.33. The summed E-state index contributed by atoms with van der Waals surface area (Å²) >= 11 is 0. The molecule has 0 spiro atoms. The van der Waals surface area contributed by atoms with Crippen molar-refractivity contribution in [1.82, 2.24) is 10.1 Å². The molecule has 1 atom stereocenters. The van der Waals surface area contributed by atoms with Gasteiger partial charge >= 0.3 is 6.18 Å². The number of carbonyl (C=O) groups excluding carboxylic acids is 1. The van der Waals surface area contributed by atoms with Crippen molar-refractivity contribution in [3.05, 3.63) is 71.3 Å². The van der Waals surface area contributed by atoms with Crippen molar-refractivity contribution in [3.8, 4) is 11.3 Å². The van der Waals surface area contributed by atoms with Crippen molar-refractivity contribution in [1.29, 1.82) is 0 Å². The Morgan fingerprint density at radius 3 is 2.53 bits per heavy atom. The highest BCUT2D eigenvalue weighted by Crippen LogP contribution is 2.35. The van der Waals surface area contributed by atoms with Gasteiger partial charge in [0, 0.05) is 37.4 Å². The number of hydrogen-bond acceptors (Lipinski definition) is 5. The lowest BCUT2D eigenvalue weighted by molar-refractivity contribution is -0.137. The molecule has 190 valence electrons. The van der Waals surface area contributed by atoms with Crippen LogP contribution in [-0.4, -0.2) is 48.3 Å². The zero-order chi connectivity index (χ0) is 25.1. The van der Waals surface area contributed by atoms with E-state index >= 15 is 0 Å². The number of hydrogen-bond donors (Lipinski definition) is 0. The van der Waals surface area contributed by atoms with Crippen LogP contribution in [-0.2, 0) is 17.5 Å². The van der Waals surface area contributed by atoms with E-state index in [0.29, 0.717) is 18.2 Å². The first-order valence-electron chi connectivity index (χ1n) is 12.3. The Balaban J connectivity index is 1.52. The fourth-order valence-corrected chi connectivity index (χ4v) is 4.89. The first kappa shape index (κ1) is 24.4. The first-order valence-corrected chi connectivity index (χ1v) is 12.3. The van der Waals surface area contributed by atoms with Crippen LogP contribution in [0, 0.1) is 0 Å². The van der Waals surface area contributed by atoms with Crippen LogP contribution < -0.4 is 4.90 Å². The number of carbonyl (C=O) groups is 1. The fraction of sp³-hybridized carbons (Fsp3) is 0.407. The maximum absolute atomic E-state index is 13.7. The molecule has 3 heterocycles. The standard InChI is InChI=1S/C27H28F3N3O3/c28-27(29,30)21-11-6-10-20(16-21)25(34)33(17-22-12-7-15-35-22)18-23-24(19-8-2-1-3-9-19)31-36-26(23)32-13-4-5-14-32/h1-3,6,8-11,16,22H,4-5,7,12-15,17-18H2/t22-/m1/s1. The summed E-state index contributed by atoms with van der Waals surface area (Å²) in [5, 5.41) is 4.36. The summed E-state index contributed by atoms with van der Waals surface area (Å²) in [7, 11) is 0. The van der Waals surface area contributed by atoms with Gasteiger partial charge in [-0.15, -0.1) is 0 Å². The molecular formula is C27H28F3N3O3. The maximum Gasteiger partial charge on any atom is 0.416 e. The highest BCUT2D eigenvalue weighted by atomic mass is 19.4. The van der Waals surface area contributed by atoms with Crippen molar-refractivity contribution >= 4 is 11.8 Å². The molecule has 6 nitrogen and oxygen atoms in total. The van der Waals surface area contributed by atoms with Crippen LogP contribution >= 0.6 is 0 Å². The number of amides is 1. The Hall–Kier alpha value is -3.33. The Morgan fingerprint density at radius 1 is 1.06 bits per heavy atom. The summed E-state index contributed by atoms with van der Waals surface area (Å²) in [6, 6.07) is 14.1. The van der Waals surface area contributed by atoms with E-state index in [0.717, 1.165) is 62.0 Å². The Labute approximate surface area is 207 Å². The third-order valence-corrected chi connectivity index (χ3v) is 6.73. The summed E-state index contributed by atoms with van der Waals surface area (Å²) in [6.07, 6.45) is -0.964. The van der Waals surface area contributed by atoms with Crippen LogP contribution in [0.1, 0.15) is 47.2 Å². The van der Waals surface area contributed by atoms with Crippen LogP contribution in [0.3, 0.4) is 0 Å². The maximum atomic E-state index is 13.7. The van der Waals surface area contributed by atoms with E-state index in [2.05, 4.69) is 10.1 Å². The minimum atomic E-state index is -4.53. The largest absolute Gasteiger partial charge is 0.416 e. The molecule has 0 aliphatic carbocycles. The van der Waals surface area contributed by atoms with Gasteiger partial charge in [0.1, 0.15) is 5.69 Å². The zero-order valence-electron chi connectivity index (χ0n) is 19.8. The van der Waals surface area contributed by atoms with Gasteiger partial charge < -0.3 is 19.1 Å². The second kappa shape index (κ2) is 10.3. The molecule has 2 saturated heterocycles. The molecule has 5 rings (SSSR count). The number of aromatic nitrogens is 1. The highest BCUT2D eigenvalue weighted by molar-refractivity contribution is 5.94. The van der Waals surface area contributed by atoms with E-state index < -0.39 is 17.6 Å². The van der Waals surface area contributed by atoms with Crippen LogP contribution in [0.4, 0.5) is 19.1 Å². The molecule has 36 heavy (non-hydrogen) atoms. The predicted octanol–water partition coefficient (Wildman–Crippen LogP) is 5.78. The van der Waals surface area contributed by atoms with Crippen LogP contribution in [0.15, 0.2) is 59.1 Å². The Bertz CT molecular complexity index is 1180. The van der Waals surface area contributed by atoms with Gasteiger partial charge in [-0.05, 0) is 43.9 Å². The van der Waals surface area contributed by atoms with Gasteiger partial charge in [-0.2, -0.15) is 13.2 Å². The van der Waals surface area contributed by atoms with Crippen LogP contribution in [0.2, 0.25) is 0 Å². The van der Waals surface area contributed by atoms with Crippen LogP contribution in [0.25, 0.3) is 11.3 Å². The van der Waals surface area contributed by atoms with Gasteiger partial charge in [0.2, 0.25) is 5.88 Å². The van der Waals surface area contributed by atoms with Crippen molar-refractivity contribution in [3.63, 3.8) is 0 Å². The van der Waals surface area contributed by atoms with E-state index in [1.54, 1.807) is 4.90 Å². The number of anilines is 1. The fourth-order valence-electron chi connectivity index (χ4n) is 4.89. The first-order chi connectivity index (χ1) is 17.4. The molecule has 0 saturated carbocycles. The molecule has 0 radical (unpaired) electrons. The number of nitrogens with zero attached hydrogens (tertiary/aromatic N) is 3. The second-order valence-electron chi connectivity index (χ2n) is 9.27. The lowest BCUT2D eigenvalue weighted by atomic mass is 10.0. The summed E-state index contributed by atoms with van der Waals surface area (Å²) in [6.45, 7) is 2.67. The van der Waals surface area contributed by atoms with Crippen molar-refractivity contribution < 1.29 is 27.2 Å². The van der Waals surface area contributed by atoms with Gasteiger partial charge in [0.05, 0.1) is 23.8 Å². The van der Waals surface area contributed by atoms with Gasteiger partial charge in [0.25, 0.3) is 5.91 Å². The minimum absolute atomic E-state index is 0.0109. The molecule has 0 bridgehead atoms. The van der Waals surface area contributed by atoms with Gasteiger partial charge in [-0.3, -0.25) is 4.79 Å². The number of ether oxygens (including phenoxy) is 1.